The second-order valence-corrected chi connectivity index (χ2v) is 6.87. The third-order valence-electron chi connectivity index (χ3n) is 4.01. The highest BCUT2D eigenvalue weighted by Gasteiger charge is 2.34. The highest BCUT2D eigenvalue weighted by Crippen LogP contribution is 2.33. The van der Waals surface area contributed by atoms with Crippen LogP contribution in [0, 0.1) is 6.92 Å². The lowest BCUT2D eigenvalue weighted by Crippen LogP contribution is -2.30. The largest absolute Gasteiger partial charge is 0.359 e. The summed E-state index contributed by atoms with van der Waals surface area (Å²) in [5.41, 5.74) is 1.33. The number of likely N-dealkylation sites (tertiary alicyclic amines) is 1. The van der Waals surface area contributed by atoms with E-state index in [1.165, 1.54) is 0 Å². The van der Waals surface area contributed by atoms with Gasteiger partial charge in [-0.05, 0) is 40.5 Å². The summed E-state index contributed by atoms with van der Waals surface area (Å²) in [5.74, 6) is 0.776. The average molecular weight is 302 g/mol. The van der Waals surface area contributed by atoms with Gasteiger partial charge >= 0.3 is 0 Å². The molecule has 6 nitrogen and oxygen atoms in total. The smallest absolute Gasteiger partial charge is 0.257 e. The van der Waals surface area contributed by atoms with E-state index < -0.39 is 0 Å². The van der Waals surface area contributed by atoms with Crippen LogP contribution in [0.15, 0.2) is 23.0 Å². The summed E-state index contributed by atoms with van der Waals surface area (Å²) in [6.45, 7) is 8.81. The van der Waals surface area contributed by atoms with E-state index >= 15 is 0 Å². The topological polar surface area (TPSA) is 64.2 Å². The molecule has 0 N–H and O–H groups in total. The van der Waals surface area contributed by atoms with Crippen molar-refractivity contribution in [1.82, 2.24) is 19.8 Å². The summed E-state index contributed by atoms with van der Waals surface area (Å²) in [7, 11) is 0. The minimum absolute atomic E-state index is 0.00653. The zero-order valence-electron chi connectivity index (χ0n) is 13.5. The van der Waals surface area contributed by atoms with E-state index in [9.17, 15) is 4.79 Å². The lowest BCUT2D eigenvalue weighted by atomic mass is 10.1. The fourth-order valence-corrected chi connectivity index (χ4v) is 2.81. The van der Waals surface area contributed by atoms with Gasteiger partial charge in [-0.3, -0.25) is 9.48 Å². The SMILES string of the molecule is Cc1cc(C2CCCN2C(=O)c2cnn(C(C)(C)C)c2)on1. The highest BCUT2D eigenvalue weighted by atomic mass is 16.5. The maximum atomic E-state index is 12.8. The molecule has 1 aliphatic heterocycles. The molecule has 0 aliphatic carbocycles. The van der Waals surface area contributed by atoms with Crippen molar-refractivity contribution in [2.45, 2.75) is 52.1 Å². The summed E-state index contributed by atoms with van der Waals surface area (Å²) in [6, 6.07) is 1.89. The Morgan fingerprint density at radius 1 is 1.41 bits per heavy atom. The molecule has 0 saturated carbocycles. The number of hydrogen-bond acceptors (Lipinski definition) is 4. The first-order valence-electron chi connectivity index (χ1n) is 7.65. The van der Waals surface area contributed by atoms with Crippen molar-refractivity contribution >= 4 is 5.91 Å². The predicted octanol–water partition coefficient (Wildman–Crippen LogP) is 2.91. The molecule has 0 bridgehead atoms. The lowest BCUT2D eigenvalue weighted by molar-refractivity contribution is 0.0714. The second kappa shape index (κ2) is 5.26. The van der Waals surface area contributed by atoms with Crippen molar-refractivity contribution in [3.63, 3.8) is 0 Å². The van der Waals surface area contributed by atoms with Crippen molar-refractivity contribution in [2.24, 2.45) is 0 Å². The van der Waals surface area contributed by atoms with Crippen LogP contribution in [0.2, 0.25) is 0 Å². The van der Waals surface area contributed by atoms with Gasteiger partial charge < -0.3 is 9.42 Å². The van der Waals surface area contributed by atoms with Crippen molar-refractivity contribution in [1.29, 1.82) is 0 Å². The fraction of sp³-hybridized carbons (Fsp3) is 0.562. The minimum atomic E-state index is -0.134. The second-order valence-electron chi connectivity index (χ2n) is 6.87. The van der Waals surface area contributed by atoms with Crippen LogP contribution in [0.25, 0.3) is 0 Å². The van der Waals surface area contributed by atoms with Crippen LogP contribution in [0.4, 0.5) is 0 Å². The Kier molecular flexibility index (Phi) is 3.54. The van der Waals surface area contributed by atoms with Crippen molar-refractivity contribution in [2.75, 3.05) is 6.54 Å². The van der Waals surface area contributed by atoms with E-state index in [0.29, 0.717) is 5.56 Å². The first kappa shape index (κ1) is 14.8. The summed E-state index contributed by atoms with van der Waals surface area (Å²) in [5, 5.41) is 8.25. The average Bonchev–Trinajstić information content (AvgIpc) is 3.16. The van der Waals surface area contributed by atoms with Gasteiger partial charge in [0.2, 0.25) is 0 Å². The Bertz CT molecular complexity index is 680. The molecular weight excluding hydrogens is 280 g/mol. The molecule has 1 unspecified atom stereocenters. The van der Waals surface area contributed by atoms with Crippen LogP contribution < -0.4 is 0 Å². The Labute approximate surface area is 130 Å². The molecule has 118 valence electrons. The van der Waals surface area contributed by atoms with Gasteiger partial charge in [-0.25, -0.2) is 0 Å². The van der Waals surface area contributed by atoms with E-state index in [1.807, 2.05) is 28.8 Å². The number of aryl methyl sites for hydroxylation is 1. The van der Waals surface area contributed by atoms with Gasteiger partial charge in [-0.15, -0.1) is 0 Å². The first-order valence-corrected chi connectivity index (χ1v) is 7.65. The molecule has 2 aromatic rings. The minimum Gasteiger partial charge on any atom is -0.359 e. The molecule has 2 aromatic heterocycles. The molecule has 0 radical (unpaired) electrons. The number of amides is 1. The molecule has 1 fully saturated rings. The van der Waals surface area contributed by atoms with E-state index in [1.54, 1.807) is 6.20 Å². The third kappa shape index (κ3) is 2.65. The van der Waals surface area contributed by atoms with Crippen LogP contribution >= 0.6 is 0 Å². The van der Waals surface area contributed by atoms with Crippen LogP contribution in [-0.4, -0.2) is 32.3 Å². The molecule has 1 saturated heterocycles. The van der Waals surface area contributed by atoms with Crippen LogP contribution in [-0.2, 0) is 5.54 Å². The van der Waals surface area contributed by atoms with Crippen LogP contribution in [0.5, 0.6) is 0 Å². The maximum Gasteiger partial charge on any atom is 0.257 e. The molecular formula is C16H22N4O2. The Morgan fingerprint density at radius 2 is 2.18 bits per heavy atom. The first-order chi connectivity index (χ1) is 10.4. The van der Waals surface area contributed by atoms with E-state index in [0.717, 1.165) is 30.8 Å². The van der Waals surface area contributed by atoms with Gasteiger partial charge in [0.1, 0.15) is 0 Å². The molecule has 3 rings (SSSR count). The Hall–Kier alpha value is -2.11. The van der Waals surface area contributed by atoms with Crippen LogP contribution in [0.1, 0.15) is 61.5 Å². The molecule has 1 amide bonds. The number of carbonyl (C=O) groups excluding carboxylic acids is 1. The van der Waals surface area contributed by atoms with E-state index in [4.69, 9.17) is 4.52 Å². The molecule has 6 heteroatoms. The van der Waals surface area contributed by atoms with Gasteiger partial charge in [-0.1, -0.05) is 5.16 Å². The molecule has 0 spiro atoms. The van der Waals surface area contributed by atoms with Gasteiger partial charge in [0, 0.05) is 18.8 Å². The summed E-state index contributed by atoms with van der Waals surface area (Å²) in [4.78, 5) is 14.7. The van der Waals surface area contributed by atoms with Crippen LogP contribution in [0.3, 0.4) is 0 Å². The summed E-state index contributed by atoms with van der Waals surface area (Å²) < 4.78 is 7.18. The standard InChI is InChI=1S/C16H22N4O2/c1-11-8-14(22-18-11)13-6-5-7-19(13)15(21)12-9-17-20(10-12)16(2,3)4/h8-10,13H,5-7H2,1-4H3. The van der Waals surface area contributed by atoms with E-state index in [2.05, 4.69) is 31.0 Å². The normalized spacial score (nSPS) is 18.9. The van der Waals surface area contributed by atoms with Gasteiger partial charge in [0.25, 0.3) is 5.91 Å². The van der Waals surface area contributed by atoms with Crippen molar-refractivity contribution < 1.29 is 9.32 Å². The molecule has 1 atom stereocenters. The zero-order valence-corrected chi connectivity index (χ0v) is 13.5. The zero-order chi connectivity index (χ0) is 15.9. The molecule has 22 heavy (non-hydrogen) atoms. The highest BCUT2D eigenvalue weighted by molar-refractivity contribution is 5.94. The van der Waals surface area contributed by atoms with E-state index in [-0.39, 0.29) is 17.5 Å². The maximum absolute atomic E-state index is 12.8. The number of aromatic nitrogens is 3. The van der Waals surface area contributed by atoms with Gasteiger partial charge in [0.15, 0.2) is 5.76 Å². The number of hydrogen-bond donors (Lipinski definition) is 0. The van der Waals surface area contributed by atoms with Crippen molar-refractivity contribution in [3.8, 4) is 0 Å². The predicted molar refractivity (Wildman–Crippen MR) is 81.5 cm³/mol. The summed E-state index contributed by atoms with van der Waals surface area (Å²) in [6.07, 6.45) is 5.36. The van der Waals surface area contributed by atoms with Gasteiger partial charge in [0.05, 0.1) is 29.0 Å². The molecule has 1 aliphatic rings. The number of carbonyl (C=O) groups is 1. The lowest BCUT2D eigenvalue weighted by Gasteiger charge is -2.22. The fourth-order valence-electron chi connectivity index (χ4n) is 2.81. The molecule has 0 aromatic carbocycles. The summed E-state index contributed by atoms with van der Waals surface area (Å²) >= 11 is 0. The number of nitrogens with zero attached hydrogens (tertiary/aromatic N) is 4. The Morgan fingerprint density at radius 3 is 2.77 bits per heavy atom. The third-order valence-corrected chi connectivity index (χ3v) is 4.01. The quantitative estimate of drug-likeness (QED) is 0.855. The van der Waals surface area contributed by atoms with Gasteiger partial charge in [-0.2, -0.15) is 5.10 Å². The Balaban J connectivity index is 1.83. The monoisotopic (exact) mass is 302 g/mol. The van der Waals surface area contributed by atoms with Crippen molar-refractivity contribution in [3.05, 3.63) is 35.5 Å². The number of rotatable bonds is 2. The molecule has 3 heterocycles.